The summed E-state index contributed by atoms with van der Waals surface area (Å²) in [7, 11) is 0. The molecule has 2 unspecified atom stereocenters. The van der Waals surface area contributed by atoms with Crippen molar-refractivity contribution in [3.63, 3.8) is 0 Å². The van der Waals surface area contributed by atoms with Gasteiger partial charge in [0.2, 0.25) is 0 Å². The van der Waals surface area contributed by atoms with Crippen molar-refractivity contribution in [1.29, 1.82) is 0 Å². The molecule has 1 aliphatic rings. The van der Waals surface area contributed by atoms with Crippen LogP contribution in [0, 0.1) is 5.92 Å². The predicted molar refractivity (Wildman–Crippen MR) is 80.6 cm³/mol. The van der Waals surface area contributed by atoms with Crippen LogP contribution in [0.15, 0.2) is 6.07 Å². The molecule has 0 saturated heterocycles. The van der Waals surface area contributed by atoms with E-state index in [1.807, 2.05) is 0 Å². The summed E-state index contributed by atoms with van der Waals surface area (Å²) in [6, 6.07) is 2.11. The molecule has 19 heavy (non-hydrogen) atoms. The van der Waals surface area contributed by atoms with Crippen LogP contribution in [0.5, 0.6) is 0 Å². The number of aromatic nitrogens is 2. The van der Waals surface area contributed by atoms with E-state index in [0.717, 1.165) is 36.9 Å². The molecule has 2 rings (SSSR count). The zero-order valence-electron chi connectivity index (χ0n) is 12.6. The number of anilines is 1. The van der Waals surface area contributed by atoms with E-state index in [2.05, 4.69) is 32.2 Å². The van der Waals surface area contributed by atoms with E-state index < -0.39 is 0 Å². The second kappa shape index (κ2) is 6.88. The Morgan fingerprint density at radius 2 is 2.05 bits per heavy atom. The monoisotopic (exact) mass is 261 g/mol. The first-order valence-electron chi connectivity index (χ1n) is 7.88. The average molecular weight is 261 g/mol. The zero-order chi connectivity index (χ0) is 13.7. The molecular formula is C16H27N3. The van der Waals surface area contributed by atoms with Gasteiger partial charge in [0.25, 0.3) is 0 Å². The van der Waals surface area contributed by atoms with Gasteiger partial charge in [0.05, 0.1) is 0 Å². The molecule has 106 valence electrons. The highest BCUT2D eigenvalue weighted by Crippen LogP contribution is 2.38. The fraction of sp³-hybridized carbons (Fsp3) is 0.750. The van der Waals surface area contributed by atoms with Crippen LogP contribution in [-0.2, 0) is 6.42 Å². The molecule has 0 radical (unpaired) electrons. The van der Waals surface area contributed by atoms with Crippen molar-refractivity contribution in [3.8, 4) is 0 Å². The lowest BCUT2D eigenvalue weighted by atomic mass is 10.0. The van der Waals surface area contributed by atoms with Crippen LogP contribution in [0.2, 0.25) is 0 Å². The number of hydrogen-bond acceptors (Lipinski definition) is 3. The van der Waals surface area contributed by atoms with E-state index in [4.69, 9.17) is 9.97 Å². The molecule has 1 aliphatic carbocycles. The van der Waals surface area contributed by atoms with Gasteiger partial charge in [0.1, 0.15) is 11.6 Å². The van der Waals surface area contributed by atoms with E-state index in [0.29, 0.717) is 5.92 Å². The van der Waals surface area contributed by atoms with Crippen LogP contribution in [0.25, 0.3) is 0 Å². The second-order valence-electron chi connectivity index (χ2n) is 5.67. The van der Waals surface area contributed by atoms with Crippen LogP contribution in [0.3, 0.4) is 0 Å². The van der Waals surface area contributed by atoms with Crippen molar-refractivity contribution in [2.75, 3.05) is 11.9 Å². The molecule has 3 heteroatoms. The molecule has 1 N–H and O–H groups in total. The third-order valence-corrected chi connectivity index (χ3v) is 4.14. The van der Waals surface area contributed by atoms with E-state index in [9.17, 15) is 0 Å². The molecule has 0 spiro atoms. The van der Waals surface area contributed by atoms with Gasteiger partial charge in [-0.15, -0.1) is 0 Å². The molecule has 3 nitrogen and oxygen atoms in total. The molecule has 1 heterocycles. The van der Waals surface area contributed by atoms with Gasteiger partial charge in [-0.25, -0.2) is 9.97 Å². The van der Waals surface area contributed by atoms with Gasteiger partial charge in [-0.1, -0.05) is 26.7 Å². The maximum atomic E-state index is 4.81. The first-order chi connectivity index (χ1) is 9.26. The Kier molecular flexibility index (Phi) is 5.17. The van der Waals surface area contributed by atoms with Gasteiger partial charge in [-0.3, -0.25) is 0 Å². The fourth-order valence-electron chi connectivity index (χ4n) is 3.04. The largest absolute Gasteiger partial charge is 0.370 e. The molecular weight excluding hydrogens is 234 g/mol. The highest BCUT2D eigenvalue weighted by molar-refractivity contribution is 5.36. The standard InChI is InChI=1S/C16H27N3/c1-4-7-14-11-15(17-6-3)19-16(18-14)13-9-8-12(5-2)10-13/h11-13H,4-10H2,1-3H3,(H,17,18,19). The van der Waals surface area contributed by atoms with Crippen LogP contribution in [0.4, 0.5) is 5.82 Å². The third-order valence-electron chi connectivity index (χ3n) is 4.14. The van der Waals surface area contributed by atoms with E-state index in [1.165, 1.54) is 31.4 Å². The van der Waals surface area contributed by atoms with Crippen LogP contribution in [-0.4, -0.2) is 16.5 Å². The van der Waals surface area contributed by atoms with Gasteiger partial charge in [0, 0.05) is 24.2 Å². The molecule has 2 atom stereocenters. The SMILES string of the molecule is CCCc1cc(NCC)nc(C2CCC(CC)C2)n1. The van der Waals surface area contributed by atoms with Crippen molar-refractivity contribution in [2.45, 2.75) is 65.2 Å². The van der Waals surface area contributed by atoms with Crippen molar-refractivity contribution >= 4 is 5.82 Å². The summed E-state index contributed by atoms with van der Waals surface area (Å²) in [5, 5.41) is 3.34. The minimum Gasteiger partial charge on any atom is -0.370 e. The maximum Gasteiger partial charge on any atom is 0.134 e. The van der Waals surface area contributed by atoms with Crippen molar-refractivity contribution in [1.82, 2.24) is 9.97 Å². The Balaban J connectivity index is 2.18. The minimum atomic E-state index is 0.583. The number of nitrogens with zero attached hydrogens (tertiary/aromatic N) is 2. The van der Waals surface area contributed by atoms with Crippen molar-refractivity contribution in [3.05, 3.63) is 17.6 Å². The Morgan fingerprint density at radius 1 is 1.21 bits per heavy atom. The Labute approximate surface area is 117 Å². The molecule has 1 aromatic rings. The van der Waals surface area contributed by atoms with Crippen molar-refractivity contribution in [2.24, 2.45) is 5.92 Å². The van der Waals surface area contributed by atoms with E-state index in [1.54, 1.807) is 0 Å². The number of rotatable bonds is 6. The molecule has 0 amide bonds. The lowest BCUT2D eigenvalue weighted by Gasteiger charge is -2.13. The van der Waals surface area contributed by atoms with E-state index in [-0.39, 0.29) is 0 Å². The van der Waals surface area contributed by atoms with Gasteiger partial charge < -0.3 is 5.32 Å². The Morgan fingerprint density at radius 3 is 2.68 bits per heavy atom. The molecule has 1 fully saturated rings. The Bertz CT molecular complexity index is 379. The molecule has 1 aromatic heterocycles. The molecule has 1 saturated carbocycles. The van der Waals surface area contributed by atoms with Crippen LogP contribution >= 0.6 is 0 Å². The minimum absolute atomic E-state index is 0.583. The molecule has 0 bridgehead atoms. The number of hydrogen-bond donors (Lipinski definition) is 1. The highest BCUT2D eigenvalue weighted by atomic mass is 15.0. The average Bonchev–Trinajstić information content (AvgIpc) is 2.88. The lowest BCUT2D eigenvalue weighted by Crippen LogP contribution is -2.09. The Hall–Kier alpha value is -1.12. The fourth-order valence-corrected chi connectivity index (χ4v) is 3.04. The topological polar surface area (TPSA) is 37.8 Å². The summed E-state index contributed by atoms with van der Waals surface area (Å²) in [6.45, 7) is 7.54. The number of nitrogens with one attached hydrogen (secondary N) is 1. The van der Waals surface area contributed by atoms with Crippen LogP contribution in [0.1, 0.15) is 70.3 Å². The smallest absolute Gasteiger partial charge is 0.134 e. The summed E-state index contributed by atoms with van der Waals surface area (Å²) < 4.78 is 0. The molecule has 0 aliphatic heterocycles. The van der Waals surface area contributed by atoms with Gasteiger partial charge in [0.15, 0.2) is 0 Å². The zero-order valence-corrected chi connectivity index (χ0v) is 12.6. The predicted octanol–water partition coefficient (Wildman–Crippen LogP) is 4.15. The summed E-state index contributed by atoms with van der Waals surface area (Å²) in [5.41, 5.74) is 1.20. The lowest BCUT2D eigenvalue weighted by molar-refractivity contribution is 0.516. The maximum absolute atomic E-state index is 4.81. The third kappa shape index (κ3) is 3.68. The van der Waals surface area contributed by atoms with Crippen molar-refractivity contribution < 1.29 is 0 Å². The summed E-state index contributed by atoms with van der Waals surface area (Å²) in [6.07, 6.45) is 7.38. The second-order valence-corrected chi connectivity index (χ2v) is 5.67. The highest BCUT2D eigenvalue weighted by Gasteiger charge is 2.27. The van der Waals surface area contributed by atoms with Gasteiger partial charge in [-0.05, 0) is 38.5 Å². The summed E-state index contributed by atoms with van der Waals surface area (Å²) in [5.74, 6) is 3.55. The summed E-state index contributed by atoms with van der Waals surface area (Å²) >= 11 is 0. The van der Waals surface area contributed by atoms with Crippen LogP contribution < -0.4 is 5.32 Å². The quantitative estimate of drug-likeness (QED) is 0.835. The molecule has 0 aromatic carbocycles. The normalized spacial score (nSPS) is 22.7. The summed E-state index contributed by atoms with van der Waals surface area (Å²) in [4.78, 5) is 9.54. The van der Waals surface area contributed by atoms with Gasteiger partial charge >= 0.3 is 0 Å². The number of aryl methyl sites for hydroxylation is 1. The first-order valence-corrected chi connectivity index (χ1v) is 7.88. The van der Waals surface area contributed by atoms with Gasteiger partial charge in [-0.2, -0.15) is 0 Å². The first kappa shape index (κ1) is 14.3. The van der Waals surface area contributed by atoms with E-state index >= 15 is 0 Å².